The number of hydrogen-bond donors (Lipinski definition) is 1. The fourth-order valence-electron chi connectivity index (χ4n) is 3.12. The monoisotopic (exact) mass is 297 g/mol. The molecule has 6 nitrogen and oxygen atoms in total. The van der Waals surface area contributed by atoms with E-state index in [-0.39, 0.29) is 17.9 Å². The Morgan fingerprint density at radius 3 is 3.00 bits per heavy atom. The minimum Gasteiger partial charge on any atom is -0.385 e. The van der Waals surface area contributed by atoms with Crippen LogP contribution < -0.4 is 5.32 Å². The lowest BCUT2D eigenvalue weighted by atomic mass is 10.0. The highest BCUT2D eigenvalue weighted by molar-refractivity contribution is 5.80. The van der Waals surface area contributed by atoms with Crippen LogP contribution in [0, 0.1) is 0 Å². The summed E-state index contributed by atoms with van der Waals surface area (Å²) in [5, 5.41) is 3.09. The summed E-state index contributed by atoms with van der Waals surface area (Å²) >= 11 is 0. The number of unbranched alkanes of at least 4 members (excludes halogenated alkanes) is 1. The van der Waals surface area contributed by atoms with Crippen LogP contribution in [0.25, 0.3) is 0 Å². The van der Waals surface area contributed by atoms with Crippen molar-refractivity contribution in [3.05, 3.63) is 0 Å². The van der Waals surface area contributed by atoms with Gasteiger partial charge in [-0.25, -0.2) is 0 Å². The van der Waals surface area contributed by atoms with Gasteiger partial charge in [0.25, 0.3) is 0 Å². The molecule has 2 aliphatic heterocycles. The lowest BCUT2D eigenvalue weighted by Crippen LogP contribution is -2.57. The highest BCUT2D eigenvalue weighted by atomic mass is 16.5. The van der Waals surface area contributed by atoms with Gasteiger partial charge >= 0.3 is 0 Å². The first-order valence-corrected chi connectivity index (χ1v) is 7.99. The normalized spacial score (nSPS) is 23.5. The Bertz CT molecular complexity index is 362. The Balaban J connectivity index is 1.79. The average Bonchev–Trinajstić information content (AvgIpc) is 2.52. The Morgan fingerprint density at radius 2 is 2.24 bits per heavy atom. The standard InChI is InChI=1S/C15H27N3O3/c1-21-10-3-2-6-14(19)17-8-4-5-13(12-17)18-9-7-16-11-15(18)20/h13,16H,2-12H2,1H3. The second-order valence-electron chi connectivity index (χ2n) is 5.85. The second-order valence-corrected chi connectivity index (χ2v) is 5.85. The number of carbonyl (C=O) groups is 2. The van der Waals surface area contributed by atoms with Gasteiger partial charge in [-0.1, -0.05) is 0 Å². The summed E-state index contributed by atoms with van der Waals surface area (Å²) in [6.07, 6.45) is 4.40. The molecule has 1 N–H and O–H groups in total. The van der Waals surface area contributed by atoms with Crippen molar-refractivity contribution >= 4 is 11.8 Å². The molecule has 0 aromatic heterocycles. The summed E-state index contributed by atoms with van der Waals surface area (Å²) in [6, 6.07) is 0.205. The maximum atomic E-state index is 12.2. The van der Waals surface area contributed by atoms with Crippen LogP contribution in [0.2, 0.25) is 0 Å². The highest BCUT2D eigenvalue weighted by Gasteiger charge is 2.31. The van der Waals surface area contributed by atoms with Gasteiger partial charge in [-0.15, -0.1) is 0 Å². The number of nitrogens with one attached hydrogen (secondary N) is 1. The van der Waals surface area contributed by atoms with Crippen molar-refractivity contribution in [1.82, 2.24) is 15.1 Å². The van der Waals surface area contributed by atoms with Crippen LogP contribution in [0.5, 0.6) is 0 Å². The van der Waals surface area contributed by atoms with Crippen LogP contribution in [-0.4, -0.2) is 74.1 Å². The first-order valence-electron chi connectivity index (χ1n) is 7.99. The van der Waals surface area contributed by atoms with E-state index in [0.29, 0.717) is 26.1 Å². The number of rotatable bonds is 6. The summed E-state index contributed by atoms with van der Waals surface area (Å²) < 4.78 is 5.00. The van der Waals surface area contributed by atoms with E-state index in [4.69, 9.17) is 4.74 Å². The smallest absolute Gasteiger partial charge is 0.236 e. The topological polar surface area (TPSA) is 61.9 Å². The molecule has 1 atom stereocenters. The van der Waals surface area contributed by atoms with Gasteiger partial charge in [-0.2, -0.15) is 0 Å². The highest BCUT2D eigenvalue weighted by Crippen LogP contribution is 2.18. The summed E-state index contributed by atoms with van der Waals surface area (Å²) in [7, 11) is 1.68. The quantitative estimate of drug-likeness (QED) is 0.713. The molecule has 0 aromatic carbocycles. The predicted molar refractivity (Wildman–Crippen MR) is 79.9 cm³/mol. The fraction of sp³-hybridized carbons (Fsp3) is 0.867. The molecule has 2 fully saturated rings. The van der Waals surface area contributed by atoms with Gasteiger partial charge < -0.3 is 19.9 Å². The molecule has 2 aliphatic rings. The molecule has 120 valence electrons. The fourth-order valence-corrected chi connectivity index (χ4v) is 3.12. The van der Waals surface area contributed by atoms with Gasteiger partial charge in [0.15, 0.2) is 0 Å². The zero-order valence-corrected chi connectivity index (χ0v) is 13.0. The van der Waals surface area contributed by atoms with E-state index < -0.39 is 0 Å². The molecular weight excluding hydrogens is 270 g/mol. The van der Waals surface area contributed by atoms with E-state index in [1.807, 2.05) is 9.80 Å². The van der Waals surface area contributed by atoms with Gasteiger partial charge in [0.05, 0.1) is 6.54 Å². The van der Waals surface area contributed by atoms with Crippen LogP contribution >= 0.6 is 0 Å². The third kappa shape index (κ3) is 4.68. The second kappa shape index (κ2) is 8.34. The van der Waals surface area contributed by atoms with Crippen LogP contribution in [-0.2, 0) is 14.3 Å². The van der Waals surface area contributed by atoms with E-state index in [1.165, 1.54) is 0 Å². The number of methoxy groups -OCH3 is 1. The van der Waals surface area contributed by atoms with Crippen molar-refractivity contribution in [2.45, 2.75) is 38.1 Å². The van der Waals surface area contributed by atoms with Crippen molar-refractivity contribution in [3.8, 4) is 0 Å². The number of nitrogens with zero attached hydrogens (tertiary/aromatic N) is 2. The molecule has 6 heteroatoms. The largest absolute Gasteiger partial charge is 0.385 e. The van der Waals surface area contributed by atoms with E-state index in [1.54, 1.807) is 7.11 Å². The van der Waals surface area contributed by atoms with E-state index in [9.17, 15) is 9.59 Å². The molecule has 2 amide bonds. The van der Waals surface area contributed by atoms with Crippen molar-refractivity contribution < 1.29 is 14.3 Å². The average molecular weight is 297 g/mol. The van der Waals surface area contributed by atoms with Crippen molar-refractivity contribution in [2.75, 3.05) is 46.4 Å². The van der Waals surface area contributed by atoms with Gasteiger partial charge in [0.2, 0.25) is 11.8 Å². The molecule has 0 aliphatic carbocycles. The van der Waals surface area contributed by atoms with Gasteiger partial charge in [0, 0.05) is 52.4 Å². The van der Waals surface area contributed by atoms with E-state index in [2.05, 4.69) is 5.32 Å². The van der Waals surface area contributed by atoms with Crippen LogP contribution in [0.1, 0.15) is 32.1 Å². The number of amides is 2. The molecule has 2 heterocycles. The van der Waals surface area contributed by atoms with Crippen molar-refractivity contribution in [1.29, 1.82) is 0 Å². The zero-order chi connectivity index (χ0) is 15.1. The summed E-state index contributed by atoms with van der Waals surface area (Å²) in [5.74, 6) is 0.388. The first kappa shape index (κ1) is 16.2. The summed E-state index contributed by atoms with van der Waals surface area (Å²) in [5.41, 5.74) is 0. The van der Waals surface area contributed by atoms with Gasteiger partial charge in [0.1, 0.15) is 0 Å². The third-order valence-corrected chi connectivity index (χ3v) is 4.31. The Kier molecular flexibility index (Phi) is 6.45. The molecule has 0 radical (unpaired) electrons. The maximum absolute atomic E-state index is 12.2. The Labute approximate surface area is 126 Å². The molecule has 0 saturated carbocycles. The lowest BCUT2D eigenvalue weighted by Gasteiger charge is -2.41. The molecule has 2 rings (SSSR count). The predicted octanol–water partition coefficient (Wildman–Crippen LogP) is 0.226. The SMILES string of the molecule is COCCCCC(=O)N1CCCC(N2CCNCC2=O)C1. The number of hydrogen-bond acceptors (Lipinski definition) is 4. The number of likely N-dealkylation sites (tertiary alicyclic amines) is 1. The Morgan fingerprint density at radius 1 is 1.38 bits per heavy atom. The first-order chi connectivity index (χ1) is 10.2. The maximum Gasteiger partial charge on any atom is 0.236 e. The number of ether oxygens (including phenoxy) is 1. The number of piperidine rings is 1. The molecule has 21 heavy (non-hydrogen) atoms. The summed E-state index contributed by atoms with van der Waals surface area (Å²) in [4.78, 5) is 28.1. The van der Waals surface area contributed by atoms with Crippen LogP contribution in [0.3, 0.4) is 0 Å². The molecule has 0 spiro atoms. The minimum atomic E-state index is 0.167. The Hall–Kier alpha value is -1.14. The van der Waals surface area contributed by atoms with E-state index in [0.717, 1.165) is 45.3 Å². The molecule has 0 bridgehead atoms. The number of piperazine rings is 1. The van der Waals surface area contributed by atoms with Crippen LogP contribution in [0.15, 0.2) is 0 Å². The number of carbonyl (C=O) groups excluding carboxylic acids is 2. The van der Waals surface area contributed by atoms with Crippen molar-refractivity contribution in [2.24, 2.45) is 0 Å². The molecular formula is C15H27N3O3. The summed E-state index contributed by atoms with van der Waals surface area (Å²) in [6.45, 7) is 4.30. The lowest BCUT2D eigenvalue weighted by molar-refractivity contribution is -0.140. The van der Waals surface area contributed by atoms with Crippen LogP contribution in [0.4, 0.5) is 0 Å². The molecule has 2 saturated heterocycles. The van der Waals surface area contributed by atoms with Crippen molar-refractivity contribution in [3.63, 3.8) is 0 Å². The minimum absolute atomic E-state index is 0.167. The third-order valence-electron chi connectivity index (χ3n) is 4.31. The van der Waals surface area contributed by atoms with Gasteiger partial charge in [-0.05, 0) is 25.7 Å². The van der Waals surface area contributed by atoms with E-state index >= 15 is 0 Å². The van der Waals surface area contributed by atoms with Gasteiger partial charge in [-0.3, -0.25) is 9.59 Å². The molecule has 1 unspecified atom stereocenters. The zero-order valence-electron chi connectivity index (χ0n) is 13.0. The molecule has 0 aromatic rings.